The van der Waals surface area contributed by atoms with Crippen LogP contribution in [0.4, 0.5) is 23.1 Å². The minimum absolute atomic E-state index is 0.0336. The van der Waals surface area contributed by atoms with Gasteiger partial charge in [-0.15, -0.1) is 5.10 Å². The summed E-state index contributed by atoms with van der Waals surface area (Å²) >= 11 is 3.39. The van der Waals surface area contributed by atoms with Gasteiger partial charge in [0.2, 0.25) is 5.95 Å². The summed E-state index contributed by atoms with van der Waals surface area (Å²) in [4.78, 5) is 15.7. The van der Waals surface area contributed by atoms with Crippen LogP contribution in [0.15, 0.2) is 59.2 Å². The van der Waals surface area contributed by atoms with Gasteiger partial charge in [-0.05, 0) is 55.5 Å². The maximum absolute atomic E-state index is 11.3. The quantitative estimate of drug-likeness (QED) is 0.638. The van der Waals surface area contributed by atoms with Gasteiger partial charge in [-0.25, -0.2) is 0 Å². The summed E-state index contributed by atoms with van der Waals surface area (Å²) in [7, 11) is 0. The number of carbonyl (C=O) groups is 1. The molecule has 0 aliphatic carbocycles. The van der Waals surface area contributed by atoms with Crippen molar-refractivity contribution in [2.24, 2.45) is 0 Å². The van der Waals surface area contributed by atoms with Crippen LogP contribution in [0, 0.1) is 0 Å². The van der Waals surface area contributed by atoms with Crippen molar-refractivity contribution in [1.82, 2.24) is 15.2 Å². The molecular formula is C17H14BrN5O. The molecule has 120 valence electrons. The van der Waals surface area contributed by atoms with Crippen molar-refractivity contribution in [2.45, 2.75) is 6.92 Å². The van der Waals surface area contributed by atoms with Crippen LogP contribution < -0.4 is 10.6 Å². The first-order chi connectivity index (χ1) is 11.6. The van der Waals surface area contributed by atoms with Crippen LogP contribution in [0.25, 0.3) is 0 Å². The summed E-state index contributed by atoms with van der Waals surface area (Å²) in [6, 6.07) is 14.8. The van der Waals surface area contributed by atoms with Gasteiger partial charge in [0.05, 0.1) is 6.20 Å². The van der Waals surface area contributed by atoms with Crippen molar-refractivity contribution in [3.05, 3.63) is 64.8 Å². The van der Waals surface area contributed by atoms with Crippen LogP contribution in [-0.2, 0) is 0 Å². The Balaban J connectivity index is 1.72. The molecule has 0 aliphatic heterocycles. The maximum Gasteiger partial charge on any atom is 0.249 e. The fraction of sp³-hybridized carbons (Fsp3) is 0.0588. The van der Waals surface area contributed by atoms with Crippen LogP contribution in [0.1, 0.15) is 17.3 Å². The number of ketones is 1. The van der Waals surface area contributed by atoms with Gasteiger partial charge < -0.3 is 10.6 Å². The Hall–Kier alpha value is -2.80. The summed E-state index contributed by atoms with van der Waals surface area (Å²) in [5.41, 5.74) is 2.34. The molecule has 0 radical (unpaired) electrons. The maximum atomic E-state index is 11.3. The van der Waals surface area contributed by atoms with E-state index in [4.69, 9.17) is 0 Å². The number of rotatable bonds is 5. The summed E-state index contributed by atoms with van der Waals surface area (Å²) in [6.07, 6.45) is 1.53. The molecule has 2 N–H and O–H groups in total. The van der Waals surface area contributed by atoms with Gasteiger partial charge in [0.15, 0.2) is 11.6 Å². The number of benzene rings is 2. The Morgan fingerprint density at radius 2 is 1.58 bits per heavy atom. The molecule has 7 heteroatoms. The van der Waals surface area contributed by atoms with Crippen LogP contribution in [-0.4, -0.2) is 21.0 Å². The summed E-state index contributed by atoms with van der Waals surface area (Å²) in [5.74, 6) is 0.981. The second-order valence-electron chi connectivity index (χ2n) is 5.06. The summed E-state index contributed by atoms with van der Waals surface area (Å²) in [6.45, 7) is 1.54. The molecule has 1 aromatic heterocycles. The molecule has 0 amide bonds. The number of anilines is 4. The Morgan fingerprint density at radius 1 is 0.958 bits per heavy atom. The Bertz CT molecular complexity index is 850. The SMILES string of the molecule is CC(=O)c1ccc(Nc2cnnc(Nc3ccc(Br)cc3)n2)cc1. The van der Waals surface area contributed by atoms with Gasteiger partial charge in [0.1, 0.15) is 0 Å². The number of nitrogens with one attached hydrogen (secondary N) is 2. The molecule has 1 heterocycles. The predicted molar refractivity (Wildman–Crippen MR) is 97.0 cm³/mol. The third-order valence-corrected chi connectivity index (χ3v) is 3.75. The first-order valence-corrected chi connectivity index (χ1v) is 8.00. The van der Waals surface area contributed by atoms with Gasteiger partial charge in [-0.2, -0.15) is 10.1 Å². The van der Waals surface area contributed by atoms with Crippen molar-refractivity contribution in [3.8, 4) is 0 Å². The molecule has 0 saturated heterocycles. The van der Waals surface area contributed by atoms with E-state index >= 15 is 0 Å². The summed E-state index contributed by atoms with van der Waals surface area (Å²) < 4.78 is 0.997. The molecule has 0 unspecified atom stereocenters. The first-order valence-electron chi connectivity index (χ1n) is 7.20. The van der Waals surface area contributed by atoms with Crippen molar-refractivity contribution in [2.75, 3.05) is 10.6 Å². The minimum atomic E-state index is 0.0336. The van der Waals surface area contributed by atoms with Crippen molar-refractivity contribution >= 4 is 44.9 Å². The van der Waals surface area contributed by atoms with Crippen LogP contribution in [0.5, 0.6) is 0 Å². The van der Waals surface area contributed by atoms with E-state index in [2.05, 4.69) is 41.7 Å². The number of aromatic nitrogens is 3. The van der Waals surface area contributed by atoms with E-state index < -0.39 is 0 Å². The van der Waals surface area contributed by atoms with E-state index in [0.29, 0.717) is 17.3 Å². The molecule has 2 aromatic carbocycles. The second kappa shape index (κ2) is 7.18. The van der Waals surface area contributed by atoms with Crippen LogP contribution in [0.2, 0.25) is 0 Å². The molecule has 0 fully saturated rings. The smallest absolute Gasteiger partial charge is 0.249 e. The van der Waals surface area contributed by atoms with Crippen molar-refractivity contribution in [3.63, 3.8) is 0 Å². The highest BCUT2D eigenvalue weighted by atomic mass is 79.9. The molecule has 0 atom stereocenters. The normalized spacial score (nSPS) is 10.2. The largest absolute Gasteiger partial charge is 0.339 e. The standard InChI is InChI=1S/C17H14BrN5O/c1-11(24)12-2-6-14(7-3-12)20-16-10-19-23-17(22-16)21-15-8-4-13(18)5-9-15/h2-10H,1H3,(H2,20,21,22,23). The molecule has 24 heavy (non-hydrogen) atoms. The summed E-state index contributed by atoms with van der Waals surface area (Å²) in [5, 5.41) is 14.1. The lowest BCUT2D eigenvalue weighted by Gasteiger charge is -2.08. The number of hydrogen-bond donors (Lipinski definition) is 2. The molecule has 0 spiro atoms. The monoisotopic (exact) mass is 383 g/mol. The number of Topliss-reactive ketones (excluding diaryl/α,β-unsaturated/α-hetero) is 1. The van der Waals surface area contributed by atoms with E-state index in [1.165, 1.54) is 13.1 Å². The average molecular weight is 384 g/mol. The van der Waals surface area contributed by atoms with Crippen LogP contribution >= 0.6 is 15.9 Å². The van der Waals surface area contributed by atoms with Gasteiger partial charge in [-0.3, -0.25) is 4.79 Å². The van der Waals surface area contributed by atoms with Gasteiger partial charge in [0, 0.05) is 21.4 Å². The van der Waals surface area contributed by atoms with Crippen LogP contribution in [0.3, 0.4) is 0 Å². The number of carbonyl (C=O) groups excluding carboxylic acids is 1. The lowest BCUT2D eigenvalue weighted by Crippen LogP contribution is -2.02. The van der Waals surface area contributed by atoms with Crippen molar-refractivity contribution < 1.29 is 4.79 Å². The number of hydrogen-bond acceptors (Lipinski definition) is 6. The Morgan fingerprint density at radius 3 is 2.25 bits per heavy atom. The number of halogens is 1. The minimum Gasteiger partial charge on any atom is -0.339 e. The zero-order valence-corrected chi connectivity index (χ0v) is 14.4. The topological polar surface area (TPSA) is 79.8 Å². The highest BCUT2D eigenvalue weighted by Gasteiger charge is 2.03. The lowest BCUT2D eigenvalue weighted by atomic mass is 10.1. The van der Waals surface area contributed by atoms with E-state index in [0.717, 1.165) is 15.8 Å². The lowest BCUT2D eigenvalue weighted by molar-refractivity contribution is 0.101. The molecule has 3 aromatic rings. The molecule has 6 nitrogen and oxygen atoms in total. The molecule has 0 aliphatic rings. The fourth-order valence-electron chi connectivity index (χ4n) is 2.02. The van der Waals surface area contributed by atoms with Gasteiger partial charge >= 0.3 is 0 Å². The molecular weight excluding hydrogens is 370 g/mol. The third kappa shape index (κ3) is 4.14. The Kier molecular flexibility index (Phi) is 4.81. The van der Waals surface area contributed by atoms with E-state index in [9.17, 15) is 4.79 Å². The number of nitrogens with zero attached hydrogens (tertiary/aromatic N) is 3. The molecule has 0 saturated carbocycles. The average Bonchev–Trinajstić information content (AvgIpc) is 2.58. The van der Waals surface area contributed by atoms with E-state index in [1.54, 1.807) is 12.1 Å². The van der Waals surface area contributed by atoms with E-state index in [1.807, 2.05) is 36.4 Å². The molecule has 3 rings (SSSR count). The third-order valence-electron chi connectivity index (χ3n) is 3.22. The fourth-order valence-corrected chi connectivity index (χ4v) is 2.28. The predicted octanol–water partition coefficient (Wildman–Crippen LogP) is 4.32. The van der Waals surface area contributed by atoms with E-state index in [-0.39, 0.29) is 5.78 Å². The van der Waals surface area contributed by atoms with Gasteiger partial charge in [0.25, 0.3) is 0 Å². The molecule has 0 bridgehead atoms. The highest BCUT2D eigenvalue weighted by molar-refractivity contribution is 9.10. The first kappa shape index (κ1) is 16.1. The zero-order valence-electron chi connectivity index (χ0n) is 12.8. The highest BCUT2D eigenvalue weighted by Crippen LogP contribution is 2.19. The second-order valence-corrected chi connectivity index (χ2v) is 5.97. The van der Waals surface area contributed by atoms with Crippen molar-refractivity contribution in [1.29, 1.82) is 0 Å². The van der Waals surface area contributed by atoms with Gasteiger partial charge in [-0.1, -0.05) is 15.9 Å². The zero-order chi connectivity index (χ0) is 16.9. The Labute approximate surface area is 147 Å².